The third-order valence-electron chi connectivity index (χ3n) is 5.82. The number of aryl methyl sites for hydroxylation is 1. The van der Waals surface area contributed by atoms with Crippen LogP contribution in [0.2, 0.25) is 0 Å². The van der Waals surface area contributed by atoms with Crippen molar-refractivity contribution in [2.75, 3.05) is 36.5 Å². The van der Waals surface area contributed by atoms with Gasteiger partial charge in [0.05, 0.1) is 24.5 Å². The molecule has 1 saturated heterocycles. The average Bonchev–Trinajstić information content (AvgIpc) is 3.36. The fourth-order valence-electron chi connectivity index (χ4n) is 3.78. The van der Waals surface area contributed by atoms with E-state index >= 15 is 0 Å². The van der Waals surface area contributed by atoms with Crippen LogP contribution in [0.5, 0.6) is 0 Å². The van der Waals surface area contributed by atoms with Gasteiger partial charge in [0.1, 0.15) is 17.8 Å². The molecule has 1 aliphatic rings. The number of aromatic nitrogens is 3. The summed E-state index contributed by atoms with van der Waals surface area (Å²) >= 11 is 0. The molecule has 36 heavy (non-hydrogen) atoms. The Kier molecular flexibility index (Phi) is 7.34. The number of hydrogen-bond donors (Lipinski definition) is 1. The molecular weight excluding hydrogens is 479 g/mol. The lowest BCUT2D eigenvalue weighted by Gasteiger charge is -2.27. The van der Waals surface area contributed by atoms with Gasteiger partial charge in [-0.05, 0) is 24.6 Å². The maximum atomic E-state index is 13.1. The van der Waals surface area contributed by atoms with Crippen molar-refractivity contribution in [2.24, 2.45) is 0 Å². The SMILES string of the molecule is Cc1ccc(NC(=O)c2cc([C@H](C)CC(=O)c3cc(N4CCOCC4)ncn3)no2)cc1C(F)(F)F. The standard InChI is InChI=1S/C24H24F3N5O4/c1-14-3-4-16(10-17(14)24(25,26)27)30-23(34)21-11-18(31-36-21)15(2)9-20(33)19-12-22(29-13-28-19)32-5-7-35-8-6-32/h3-4,10-13,15H,5-9H2,1-2H3,(H,30,34)/t15-/m1/s1. The maximum absolute atomic E-state index is 13.1. The molecule has 4 rings (SSSR count). The molecule has 1 atom stereocenters. The van der Waals surface area contributed by atoms with Crippen LogP contribution in [0.15, 0.2) is 41.2 Å². The van der Waals surface area contributed by atoms with Crippen molar-refractivity contribution >= 4 is 23.2 Å². The first-order valence-electron chi connectivity index (χ1n) is 11.3. The van der Waals surface area contributed by atoms with Gasteiger partial charge < -0.3 is 19.5 Å². The van der Waals surface area contributed by atoms with Crippen molar-refractivity contribution in [3.63, 3.8) is 0 Å². The minimum Gasteiger partial charge on any atom is -0.378 e. The van der Waals surface area contributed by atoms with Crippen molar-refractivity contribution in [1.82, 2.24) is 15.1 Å². The van der Waals surface area contributed by atoms with Crippen molar-refractivity contribution in [3.05, 3.63) is 64.9 Å². The van der Waals surface area contributed by atoms with Crippen molar-refractivity contribution in [2.45, 2.75) is 32.4 Å². The fraction of sp³-hybridized carbons (Fsp3) is 0.375. The highest BCUT2D eigenvalue weighted by Crippen LogP contribution is 2.33. The lowest BCUT2D eigenvalue weighted by molar-refractivity contribution is -0.138. The first-order valence-corrected chi connectivity index (χ1v) is 11.3. The topological polar surface area (TPSA) is 110 Å². The number of halogens is 3. The molecule has 1 aliphatic heterocycles. The van der Waals surface area contributed by atoms with Crippen LogP contribution in [0, 0.1) is 6.92 Å². The predicted molar refractivity (Wildman–Crippen MR) is 123 cm³/mol. The van der Waals surface area contributed by atoms with Gasteiger partial charge in [-0.15, -0.1) is 0 Å². The van der Waals surface area contributed by atoms with Crippen LogP contribution in [0.3, 0.4) is 0 Å². The van der Waals surface area contributed by atoms with Gasteiger partial charge in [-0.1, -0.05) is 18.1 Å². The summed E-state index contributed by atoms with van der Waals surface area (Å²) in [5.74, 6) is -0.923. The lowest BCUT2D eigenvalue weighted by atomic mass is 9.99. The molecule has 1 N–H and O–H groups in total. The minimum absolute atomic E-state index is 0.0288. The third kappa shape index (κ3) is 5.88. The van der Waals surface area contributed by atoms with Crippen LogP contribution >= 0.6 is 0 Å². The molecule has 190 valence electrons. The summed E-state index contributed by atoms with van der Waals surface area (Å²) in [5, 5.41) is 6.25. The lowest BCUT2D eigenvalue weighted by Crippen LogP contribution is -2.36. The van der Waals surface area contributed by atoms with E-state index in [0.717, 1.165) is 6.07 Å². The summed E-state index contributed by atoms with van der Waals surface area (Å²) in [5.41, 5.74) is -0.205. The van der Waals surface area contributed by atoms with Gasteiger partial charge in [0.25, 0.3) is 5.91 Å². The molecule has 2 aromatic heterocycles. The van der Waals surface area contributed by atoms with Gasteiger partial charge in [-0.3, -0.25) is 9.59 Å². The Hall–Kier alpha value is -3.80. The van der Waals surface area contributed by atoms with Crippen molar-refractivity contribution in [3.8, 4) is 0 Å². The summed E-state index contributed by atoms with van der Waals surface area (Å²) in [6.45, 7) is 5.59. The number of alkyl halides is 3. The number of anilines is 2. The van der Waals surface area contributed by atoms with Gasteiger partial charge in [-0.2, -0.15) is 13.2 Å². The largest absolute Gasteiger partial charge is 0.416 e. The molecule has 12 heteroatoms. The number of morpholine rings is 1. The number of hydrogen-bond acceptors (Lipinski definition) is 8. The summed E-state index contributed by atoms with van der Waals surface area (Å²) in [7, 11) is 0. The molecule has 3 aromatic rings. The predicted octanol–water partition coefficient (Wildman–Crippen LogP) is 4.26. The van der Waals surface area contributed by atoms with Gasteiger partial charge >= 0.3 is 6.18 Å². The normalized spacial score (nSPS) is 15.0. The summed E-state index contributed by atoms with van der Waals surface area (Å²) < 4.78 is 49.8. The van der Waals surface area contributed by atoms with E-state index in [4.69, 9.17) is 9.26 Å². The number of carbonyl (C=O) groups is 2. The van der Waals surface area contributed by atoms with Crippen LogP contribution in [-0.2, 0) is 10.9 Å². The minimum atomic E-state index is -4.54. The van der Waals surface area contributed by atoms with E-state index in [9.17, 15) is 22.8 Å². The zero-order valence-corrected chi connectivity index (χ0v) is 19.6. The molecule has 9 nitrogen and oxygen atoms in total. The Balaban J connectivity index is 1.40. The van der Waals surface area contributed by atoms with Crippen LogP contribution < -0.4 is 10.2 Å². The smallest absolute Gasteiger partial charge is 0.378 e. The first-order chi connectivity index (χ1) is 17.1. The number of ether oxygens (including phenoxy) is 1. The highest BCUT2D eigenvalue weighted by molar-refractivity contribution is 6.02. The molecule has 0 bridgehead atoms. The zero-order chi connectivity index (χ0) is 25.9. The number of nitrogens with zero attached hydrogens (tertiary/aromatic N) is 4. The molecule has 0 unspecified atom stereocenters. The van der Waals surface area contributed by atoms with Gasteiger partial charge in [0, 0.05) is 43.2 Å². The van der Waals surface area contributed by atoms with Crippen LogP contribution in [0.25, 0.3) is 0 Å². The highest BCUT2D eigenvalue weighted by atomic mass is 19.4. The van der Waals surface area contributed by atoms with Crippen LogP contribution in [0.1, 0.15) is 57.1 Å². The second-order valence-corrected chi connectivity index (χ2v) is 8.49. The molecule has 0 aliphatic carbocycles. The Morgan fingerprint density at radius 1 is 1.14 bits per heavy atom. The Morgan fingerprint density at radius 3 is 2.61 bits per heavy atom. The second kappa shape index (κ2) is 10.4. The molecule has 0 spiro atoms. The van der Waals surface area contributed by atoms with E-state index < -0.39 is 23.6 Å². The van der Waals surface area contributed by atoms with E-state index in [1.54, 1.807) is 13.0 Å². The third-order valence-corrected chi connectivity index (χ3v) is 5.82. The summed E-state index contributed by atoms with van der Waals surface area (Å²) in [4.78, 5) is 35.7. The van der Waals surface area contributed by atoms with Gasteiger partial charge in [0.2, 0.25) is 5.76 Å². The maximum Gasteiger partial charge on any atom is 0.416 e. The Bertz CT molecular complexity index is 1250. The molecule has 1 fully saturated rings. The molecule has 1 amide bonds. The van der Waals surface area contributed by atoms with Crippen molar-refractivity contribution < 1.29 is 32.0 Å². The number of rotatable bonds is 7. The second-order valence-electron chi connectivity index (χ2n) is 8.49. The Labute approximate surface area is 204 Å². The zero-order valence-electron chi connectivity index (χ0n) is 19.6. The van der Waals surface area contributed by atoms with Crippen molar-refractivity contribution in [1.29, 1.82) is 0 Å². The number of ketones is 1. The monoisotopic (exact) mass is 503 g/mol. The molecular formula is C24H24F3N5O4. The molecule has 3 heterocycles. The summed E-state index contributed by atoms with van der Waals surface area (Å²) in [6.07, 6.45) is -3.14. The number of amides is 1. The van der Waals surface area contributed by atoms with Crippen LogP contribution in [0.4, 0.5) is 24.7 Å². The fourth-order valence-corrected chi connectivity index (χ4v) is 3.78. The average molecular weight is 503 g/mol. The van der Waals surface area contributed by atoms with E-state index in [0.29, 0.717) is 37.8 Å². The first kappa shape index (κ1) is 25.3. The molecule has 1 aromatic carbocycles. The van der Waals surface area contributed by atoms with E-state index in [1.807, 2.05) is 4.90 Å². The number of nitrogens with one attached hydrogen (secondary N) is 1. The van der Waals surface area contributed by atoms with E-state index in [-0.39, 0.29) is 34.9 Å². The number of Topliss-reactive ketones (excluding diaryl/α,β-unsaturated/α-hetero) is 1. The quantitative estimate of drug-likeness (QED) is 0.477. The molecule has 0 radical (unpaired) electrons. The molecule has 0 saturated carbocycles. The van der Waals surface area contributed by atoms with E-state index in [2.05, 4.69) is 20.4 Å². The summed E-state index contributed by atoms with van der Waals surface area (Å²) in [6, 6.07) is 6.51. The number of carbonyl (C=O) groups excluding carboxylic acids is 2. The Morgan fingerprint density at radius 2 is 1.89 bits per heavy atom. The van der Waals surface area contributed by atoms with E-state index in [1.165, 1.54) is 31.5 Å². The van der Waals surface area contributed by atoms with Crippen LogP contribution in [-0.4, -0.2) is 53.1 Å². The number of benzene rings is 1. The highest BCUT2D eigenvalue weighted by Gasteiger charge is 2.32. The van der Waals surface area contributed by atoms with Gasteiger partial charge in [0.15, 0.2) is 5.78 Å². The van der Waals surface area contributed by atoms with Gasteiger partial charge in [-0.25, -0.2) is 9.97 Å².